The lowest BCUT2D eigenvalue weighted by atomic mass is 9.93. The van der Waals surface area contributed by atoms with Crippen molar-refractivity contribution in [3.8, 4) is 56.4 Å². The molecule has 0 bridgehead atoms. The molecule has 9 rings (SSSR count). The highest BCUT2D eigenvalue weighted by Crippen LogP contribution is 2.48. The molecule has 0 atom stereocenters. The Hall–Kier alpha value is -5.92. The van der Waals surface area contributed by atoms with Gasteiger partial charge in [-0.1, -0.05) is 109 Å². The van der Waals surface area contributed by atoms with Crippen LogP contribution in [-0.4, -0.2) is 23.4 Å². The van der Waals surface area contributed by atoms with Crippen molar-refractivity contribution in [1.82, 2.24) is 15.0 Å². The van der Waals surface area contributed by atoms with Crippen molar-refractivity contribution in [2.24, 2.45) is 0 Å². The first-order valence-electron chi connectivity index (χ1n) is 14.9. The normalized spacial score (nSPS) is 13.1. The summed E-state index contributed by atoms with van der Waals surface area (Å²) in [5, 5.41) is 1.77. The molecule has 0 unspecified atom stereocenters. The number of benzene rings is 6. The molecule has 8 aromatic rings. The summed E-state index contributed by atoms with van der Waals surface area (Å²) in [6, 6.07) is 44.3. The lowest BCUT2D eigenvalue weighted by molar-refractivity contribution is 0.598. The molecule has 6 nitrogen and oxygen atoms in total. The maximum atomic E-state index is 13.4. The molecule has 2 aromatic heterocycles. The van der Waals surface area contributed by atoms with Gasteiger partial charge in [0.15, 0.2) is 17.5 Å². The number of furan rings is 1. The molecule has 0 saturated carbocycles. The van der Waals surface area contributed by atoms with Crippen molar-refractivity contribution in [2.45, 2.75) is 9.79 Å². The third-order valence-electron chi connectivity index (χ3n) is 8.51. The van der Waals surface area contributed by atoms with E-state index in [0.29, 0.717) is 38.4 Å². The fraction of sp³-hybridized carbons (Fsp3) is 0. The lowest BCUT2D eigenvalue weighted by Gasteiger charge is -2.10. The van der Waals surface area contributed by atoms with E-state index in [-0.39, 0.29) is 0 Å². The number of rotatable bonds is 4. The van der Waals surface area contributed by atoms with Crippen molar-refractivity contribution in [2.75, 3.05) is 0 Å². The fourth-order valence-corrected chi connectivity index (χ4v) is 8.11. The molecule has 0 fully saturated rings. The quantitative estimate of drug-likeness (QED) is 0.197. The van der Waals surface area contributed by atoms with Crippen LogP contribution in [0.25, 0.3) is 78.4 Å². The Bertz CT molecular complexity index is 2540. The molecule has 0 aliphatic carbocycles. The molecule has 218 valence electrons. The Kier molecular flexibility index (Phi) is 5.79. The highest BCUT2D eigenvalue weighted by atomic mass is 32.2. The van der Waals surface area contributed by atoms with E-state index in [2.05, 4.69) is 6.07 Å². The molecule has 0 N–H and O–H groups in total. The number of aromatic nitrogens is 3. The molecule has 7 heteroatoms. The second kappa shape index (κ2) is 10.1. The van der Waals surface area contributed by atoms with Gasteiger partial charge in [0, 0.05) is 38.6 Å². The van der Waals surface area contributed by atoms with Crippen molar-refractivity contribution in [1.29, 1.82) is 0 Å². The Morgan fingerprint density at radius 1 is 0.457 bits per heavy atom. The SMILES string of the molecule is O=S1(=O)c2ccccc2-c2c(-c3ccc4oc5cccc(-c6nc(-c7ccccc7)nc(-c7ccccc7)n6)c5c4c3)cccc21. The van der Waals surface area contributed by atoms with E-state index in [1.807, 2.05) is 115 Å². The maximum Gasteiger partial charge on any atom is 0.207 e. The maximum absolute atomic E-state index is 13.4. The molecule has 0 spiro atoms. The summed E-state index contributed by atoms with van der Waals surface area (Å²) in [5.74, 6) is 1.69. The summed E-state index contributed by atoms with van der Waals surface area (Å²) in [5.41, 5.74) is 7.20. The van der Waals surface area contributed by atoms with Crippen molar-refractivity contribution in [3.63, 3.8) is 0 Å². The van der Waals surface area contributed by atoms with Gasteiger partial charge in [-0.3, -0.25) is 0 Å². The first-order chi connectivity index (χ1) is 22.6. The van der Waals surface area contributed by atoms with Crippen LogP contribution in [0.4, 0.5) is 0 Å². The van der Waals surface area contributed by atoms with Gasteiger partial charge in [0.2, 0.25) is 9.84 Å². The van der Waals surface area contributed by atoms with Gasteiger partial charge in [0.1, 0.15) is 11.2 Å². The van der Waals surface area contributed by atoms with Crippen LogP contribution in [0, 0.1) is 0 Å². The topological polar surface area (TPSA) is 86.0 Å². The molecule has 6 aromatic carbocycles. The molecule has 3 heterocycles. The van der Waals surface area contributed by atoms with Gasteiger partial charge >= 0.3 is 0 Å². The van der Waals surface area contributed by atoms with Crippen LogP contribution < -0.4 is 0 Å². The predicted molar refractivity (Wildman–Crippen MR) is 180 cm³/mol. The van der Waals surface area contributed by atoms with E-state index in [1.54, 1.807) is 18.2 Å². The number of fused-ring (bicyclic) bond motifs is 6. The van der Waals surface area contributed by atoms with Gasteiger partial charge in [0.25, 0.3) is 0 Å². The van der Waals surface area contributed by atoms with Gasteiger partial charge < -0.3 is 4.42 Å². The molecule has 0 amide bonds. The van der Waals surface area contributed by atoms with E-state index in [4.69, 9.17) is 19.4 Å². The largest absolute Gasteiger partial charge is 0.456 e. The summed E-state index contributed by atoms with van der Waals surface area (Å²) in [6.07, 6.45) is 0. The van der Waals surface area contributed by atoms with Gasteiger partial charge in [-0.25, -0.2) is 23.4 Å². The minimum absolute atomic E-state index is 0.330. The zero-order valence-corrected chi connectivity index (χ0v) is 25.1. The predicted octanol–water partition coefficient (Wildman–Crippen LogP) is 9.25. The Balaban J connectivity index is 1.28. The van der Waals surface area contributed by atoms with Gasteiger partial charge in [-0.15, -0.1) is 0 Å². The summed E-state index contributed by atoms with van der Waals surface area (Å²) in [4.78, 5) is 15.5. The molecular weight excluding hydrogens is 591 g/mol. The zero-order chi connectivity index (χ0) is 30.8. The van der Waals surface area contributed by atoms with Crippen LogP contribution in [0.5, 0.6) is 0 Å². The highest BCUT2D eigenvalue weighted by molar-refractivity contribution is 7.92. The Labute approximate surface area is 264 Å². The zero-order valence-electron chi connectivity index (χ0n) is 24.3. The number of nitrogens with zero attached hydrogens (tertiary/aromatic N) is 3. The highest BCUT2D eigenvalue weighted by Gasteiger charge is 2.34. The van der Waals surface area contributed by atoms with Crippen LogP contribution in [0.3, 0.4) is 0 Å². The Morgan fingerprint density at radius 3 is 1.78 bits per heavy atom. The molecule has 1 aliphatic rings. The van der Waals surface area contributed by atoms with Crippen molar-refractivity contribution < 1.29 is 12.8 Å². The minimum Gasteiger partial charge on any atom is -0.456 e. The molecule has 0 saturated heterocycles. The summed E-state index contributed by atoms with van der Waals surface area (Å²) in [6.45, 7) is 0. The standard InChI is InChI=1S/C39H23N3O3S/c43-46(44)33-19-8-7-15-28(33)36-27(16-10-20-34(36)46)26-21-22-31-30(23-26)35-29(17-9-18-32(35)45-31)39-41-37(24-11-3-1-4-12-24)40-38(42-39)25-13-5-2-6-14-25/h1-23H. The van der Waals surface area contributed by atoms with E-state index in [9.17, 15) is 8.42 Å². The Morgan fingerprint density at radius 2 is 1.04 bits per heavy atom. The van der Waals surface area contributed by atoms with E-state index < -0.39 is 9.84 Å². The third kappa shape index (κ3) is 4.02. The van der Waals surface area contributed by atoms with E-state index in [0.717, 1.165) is 49.7 Å². The fourth-order valence-electron chi connectivity index (χ4n) is 6.41. The summed E-state index contributed by atoms with van der Waals surface area (Å²) < 4.78 is 33.2. The van der Waals surface area contributed by atoms with Crippen LogP contribution in [0.1, 0.15) is 0 Å². The molecule has 46 heavy (non-hydrogen) atoms. The second-order valence-electron chi connectivity index (χ2n) is 11.2. The number of hydrogen-bond acceptors (Lipinski definition) is 6. The monoisotopic (exact) mass is 613 g/mol. The van der Waals surface area contributed by atoms with Crippen LogP contribution in [-0.2, 0) is 9.84 Å². The average Bonchev–Trinajstić information content (AvgIpc) is 3.61. The number of sulfone groups is 1. The minimum atomic E-state index is -3.60. The first-order valence-corrected chi connectivity index (χ1v) is 16.3. The van der Waals surface area contributed by atoms with E-state index >= 15 is 0 Å². The van der Waals surface area contributed by atoms with Crippen LogP contribution in [0.2, 0.25) is 0 Å². The molecule has 0 radical (unpaired) electrons. The first kappa shape index (κ1) is 26.5. The van der Waals surface area contributed by atoms with Crippen molar-refractivity contribution >= 4 is 31.8 Å². The molecular formula is C39H23N3O3S. The van der Waals surface area contributed by atoms with Gasteiger partial charge in [0.05, 0.1) is 9.79 Å². The van der Waals surface area contributed by atoms with Gasteiger partial charge in [-0.05, 0) is 41.5 Å². The van der Waals surface area contributed by atoms with Crippen LogP contribution >= 0.6 is 0 Å². The number of hydrogen-bond donors (Lipinski definition) is 0. The summed E-state index contributed by atoms with van der Waals surface area (Å²) >= 11 is 0. The van der Waals surface area contributed by atoms with Gasteiger partial charge in [-0.2, -0.15) is 0 Å². The van der Waals surface area contributed by atoms with Crippen LogP contribution in [0.15, 0.2) is 154 Å². The average molecular weight is 614 g/mol. The second-order valence-corrected chi connectivity index (χ2v) is 13.1. The third-order valence-corrected chi connectivity index (χ3v) is 10.4. The summed E-state index contributed by atoms with van der Waals surface area (Å²) in [7, 11) is -3.60. The molecule has 1 aliphatic heterocycles. The lowest BCUT2D eigenvalue weighted by Crippen LogP contribution is -2.00. The van der Waals surface area contributed by atoms with Crippen molar-refractivity contribution in [3.05, 3.63) is 140 Å². The smallest absolute Gasteiger partial charge is 0.207 e. The van der Waals surface area contributed by atoms with E-state index in [1.165, 1.54) is 0 Å².